The van der Waals surface area contributed by atoms with Gasteiger partial charge in [0.2, 0.25) is 11.8 Å². The molecule has 2 aliphatic rings. The number of aryl methyl sites for hydroxylation is 1. The Morgan fingerprint density at radius 1 is 1.04 bits per heavy atom. The van der Waals surface area contributed by atoms with Crippen molar-refractivity contribution in [2.45, 2.75) is 25.7 Å². The number of rotatable bonds is 4. The lowest BCUT2D eigenvalue weighted by Gasteiger charge is -2.35. The van der Waals surface area contributed by atoms with Crippen LogP contribution in [-0.2, 0) is 16.0 Å². The zero-order chi connectivity index (χ0) is 18.6. The van der Waals surface area contributed by atoms with E-state index in [1.807, 2.05) is 23.1 Å². The van der Waals surface area contributed by atoms with Crippen LogP contribution in [0.4, 0.5) is 11.5 Å². The summed E-state index contributed by atoms with van der Waals surface area (Å²) in [5.74, 6) is 0.993. The summed E-state index contributed by atoms with van der Waals surface area (Å²) >= 11 is 0. The van der Waals surface area contributed by atoms with Gasteiger partial charge in [0.15, 0.2) is 0 Å². The Balaban J connectivity index is 1.26. The van der Waals surface area contributed by atoms with Gasteiger partial charge in [-0.3, -0.25) is 14.7 Å². The molecule has 1 saturated heterocycles. The minimum atomic E-state index is -0.00202. The van der Waals surface area contributed by atoms with Crippen LogP contribution in [0.25, 0.3) is 0 Å². The van der Waals surface area contributed by atoms with Gasteiger partial charge in [-0.05, 0) is 25.0 Å². The first kappa shape index (κ1) is 17.5. The number of carbonyl (C=O) groups is 2. The Hall–Kier alpha value is -2.90. The molecule has 8 heteroatoms. The van der Waals surface area contributed by atoms with Crippen molar-refractivity contribution in [3.63, 3.8) is 0 Å². The van der Waals surface area contributed by atoms with Gasteiger partial charge >= 0.3 is 0 Å². The van der Waals surface area contributed by atoms with Crippen LogP contribution >= 0.6 is 0 Å². The van der Waals surface area contributed by atoms with Crippen molar-refractivity contribution >= 4 is 23.3 Å². The zero-order valence-electron chi connectivity index (χ0n) is 15.3. The third kappa shape index (κ3) is 3.79. The second kappa shape index (κ2) is 7.77. The molecule has 0 aromatic carbocycles. The molecule has 1 fully saturated rings. The van der Waals surface area contributed by atoms with Crippen molar-refractivity contribution in [1.82, 2.24) is 20.1 Å². The maximum Gasteiger partial charge on any atom is 0.227 e. The summed E-state index contributed by atoms with van der Waals surface area (Å²) in [5, 5.41) is 6.98. The van der Waals surface area contributed by atoms with Crippen molar-refractivity contribution in [3.8, 4) is 0 Å². The Kier molecular flexibility index (Phi) is 5.04. The maximum atomic E-state index is 12.6. The van der Waals surface area contributed by atoms with Crippen molar-refractivity contribution in [1.29, 1.82) is 0 Å². The summed E-state index contributed by atoms with van der Waals surface area (Å²) in [4.78, 5) is 35.3. The SMILES string of the molecule is O=C(CCC(=O)N1CCCc2[nH]ncc21)N1CCN(c2ccccn2)CC1. The number of amides is 2. The Morgan fingerprint density at radius 2 is 1.85 bits per heavy atom. The Bertz CT molecular complexity index is 798. The van der Waals surface area contributed by atoms with E-state index in [0.29, 0.717) is 19.6 Å². The first-order chi connectivity index (χ1) is 13.2. The lowest BCUT2D eigenvalue weighted by atomic mass is 10.1. The van der Waals surface area contributed by atoms with Crippen LogP contribution < -0.4 is 9.80 Å². The van der Waals surface area contributed by atoms with Crippen molar-refractivity contribution in [3.05, 3.63) is 36.3 Å². The molecule has 2 aromatic rings. The third-order valence-corrected chi connectivity index (χ3v) is 5.25. The molecular weight excluding hydrogens is 344 g/mol. The molecule has 1 N–H and O–H groups in total. The number of pyridine rings is 1. The fraction of sp³-hybridized carbons (Fsp3) is 0.474. The molecule has 0 atom stereocenters. The molecule has 2 amide bonds. The lowest BCUT2D eigenvalue weighted by Crippen LogP contribution is -2.49. The van der Waals surface area contributed by atoms with E-state index < -0.39 is 0 Å². The number of hydrogen-bond donors (Lipinski definition) is 1. The molecule has 2 aromatic heterocycles. The number of aromatic amines is 1. The molecule has 142 valence electrons. The van der Waals surface area contributed by atoms with Gasteiger partial charge in [0.25, 0.3) is 0 Å². The molecule has 0 radical (unpaired) electrons. The fourth-order valence-corrected chi connectivity index (χ4v) is 3.75. The first-order valence-electron chi connectivity index (χ1n) is 9.49. The van der Waals surface area contributed by atoms with Gasteiger partial charge in [0.1, 0.15) is 5.82 Å². The summed E-state index contributed by atoms with van der Waals surface area (Å²) in [5.41, 5.74) is 1.87. The molecule has 2 aliphatic heterocycles. The predicted molar refractivity (Wildman–Crippen MR) is 102 cm³/mol. The van der Waals surface area contributed by atoms with Gasteiger partial charge in [0.05, 0.1) is 17.6 Å². The Labute approximate surface area is 158 Å². The molecule has 0 unspecified atom stereocenters. The number of fused-ring (bicyclic) bond motifs is 1. The third-order valence-electron chi connectivity index (χ3n) is 5.25. The maximum absolute atomic E-state index is 12.6. The average Bonchev–Trinajstić information content (AvgIpc) is 3.21. The largest absolute Gasteiger partial charge is 0.353 e. The average molecular weight is 368 g/mol. The van der Waals surface area contributed by atoms with E-state index in [2.05, 4.69) is 20.1 Å². The second-order valence-electron chi connectivity index (χ2n) is 6.94. The van der Waals surface area contributed by atoms with Gasteiger partial charge in [-0.15, -0.1) is 0 Å². The molecule has 0 spiro atoms. The van der Waals surface area contributed by atoms with Crippen LogP contribution in [-0.4, -0.2) is 64.6 Å². The van der Waals surface area contributed by atoms with Gasteiger partial charge in [-0.2, -0.15) is 5.10 Å². The molecule has 27 heavy (non-hydrogen) atoms. The number of carbonyl (C=O) groups excluding carboxylic acids is 2. The van der Waals surface area contributed by atoms with E-state index in [9.17, 15) is 9.59 Å². The van der Waals surface area contributed by atoms with E-state index in [1.165, 1.54) is 0 Å². The molecular formula is C19H24N6O2. The van der Waals surface area contributed by atoms with Crippen LogP contribution in [0.1, 0.15) is 25.0 Å². The van der Waals surface area contributed by atoms with Crippen molar-refractivity contribution in [2.75, 3.05) is 42.5 Å². The molecule has 4 rings (SSSR count). The molecule has 0 saturated carbocycles. The summed E-state index contributed by atoms with van der Waals surface area (Å²) < 4.78 is 0. The number of hydrogen-bond acceptors (Lipinski definition) is 5. The normalized spacial score (nSPS) is 17.0. The topological polar surface area (TPSA) is 85.4 Å². The summed E-state index contributed by atoms with van der Waals surface area (Å²) in [6, 6.07) is 5.85. The summed E-state index contributed by atoms with van der Waals surface area (Å²) in [6.45, 7) is 3.56. The van der Waals surface area contributed by atoms with Crippen LogP contribution in [0.15, 0.2) is 30.6 Å². The molecule has 8 nitrogen and oxygen atoms in total. The highest BCUT2D eigenvalue weighted by atomic mass is 16.2. The van der Waals surface area contributed by atoms with Crippen LogP contribution in [0.2, 0.25) is 0 Å². The minimum Gasteiger partial charge on any atom is -0.353 e. The summed E-state index contributed by atoms with van der Waals surface area (Å²) in [6.07, 6.45) is 5.81. The van der Waals surface area contributed by atoms with Gasteiger partial charge in [-0.25, -0.2) is 4.98 Å². The van der Waals surface area contributed by atoms with Crippen molar-refractivity contribution < 1.29 is 9.59 Å². The highest BCUT2D eigenvalue weighted by molar-refractivity contribution is 5.96. The highest BCUT2D eigenvalue weighted by Gasteiger charge is 2.26. The van der Waals surface area contributed by atoms with Gasteiger partial charge in [-0.1, -0.05) is 6.07 Å². The van der Waals surface area contributed by atoms with Crippen molar-refractivity contribution in [2.24, 2.45) is 0 Å². The van der Waals surface area contributed by atoms with E-state index in [1.54, 1.807) is 17.3 Å². The number of nitrogens with one attached hydrogen (secondary N) is 1. The molecule has 4 heterocycles. The van der Waals surface area contributed by atoms with Crippen LogP contribution in [0, 0.1) is 0 Å². The van der Waals surface area contributed by atoms with Gasteiger partial charge in [0, 0.05) is 51.8 Å². The van der Waals surface area contributed by atoms with Gasteiger partial charge < -0.3 is 14.7 Å². The van der Waals surface area contributed by atoms with Crippen LogP contribution in [0.3, 0.4) is 0 Å². The minimum absolute atomic E-state index is 0.00202. The van der Waals surface area contributed by atoms with E-state index >= 15 is 0 Å². The monoisotopic (exact) mass is 368 g/mol. The quantitative estimate of drug-likeness (QED) is 0.877. The highest BCUT2D eigenvalue weighted by Crippen LogP contribution is 2.25. The lowest BCUT2D eigenvalue weighted by molar-refractivity contribution is -0.133. The van der Waals surface area contributed by atoms with E-state index in [0.717, 1.165) is 43.1 Å². The fourth-order valence-electron chi connectivity index (χ4n) is 3.75. The number of piperazine rings is 1. The molecule has 0 aliphatic carbocycles. The second-order valence-corrected chi connectivity index (χ2v) is 6.94. The van der Waals surface area contributed by atoms with E-state index in [4.69, 9.17) is 0 Å². The zero-order valence-corrected chi connectivity index (χ0v) is 15.3. The number of anilines is 2. The first-order valence-corrected chi connectivity index (χ1v) is 9.49. The smallest absolute Gasteiger partial charge is 0.227 e. The Morgan fingerprint density at radius 3 is 2.63 bits per heavy atom. The van der Waals surface area contributed by atoms with Crippen LogP contribution in [0.5, 0.6) is 0 Å². The number of aromatic nitrogens is 3. The van der Waals surface area contributed by atoms with E-state index in [-0.39, 0.29) is 24.7 Å². The number of nitrogens with zero attached hydrogens (tertiary/aromatic N) is 5. The molecule has 0 bridgehead atoms. The standard InChI is InChI=1S/C19H24N6O2/c26-18(24-12-10-23(11-13-24)17-5-1-2-8-20-17)6-7-19(27)25-9-3-4-15-16(25)14-21-22-15/h1-2,5,8,14H,3-4,6-7,9-13H2,(H,21,22). The summed E-state index contributed by atoms with van der Waals surface area (Å²) in [7, 11) is 0. The number of H-pyrrole nitrogens is 1. The predicted octanol–water partition coefficient (Wildman–Crippen LogP) is 1.21.